The molecular weight excluding hydrogens is 427 g/mol. The second-order valence-electron chi connectivity index (χ2n) is 6.20. The zero-order chi connectivity index (χ0) is 19.1. The van der Waals surface area contributed by atoms with E-state index in [1.54, 1.807) is 28.7 Å². The minimum absolute atomic E-state index is 0.604. The lowest BCUT2D eigenvalue weighted by atomic mass is 10.1. The summed E-state index contributed by atoms with van der Waals surface area (Å²) in [5, 5.41) is 3.06. The monoisotopic (exact) mass is 438 g/mol. The van der Waals surface area contributed by atoms with Crippen LogP contribution >= 0.6 is 45.9 Å². The van der Waals surface area contributed by atoms with Gasteiger partial charge in [0.15, 0.2) is 0 Å². The van der Waals surface area contributed by atoms with Gasteiger partial charge in [-0.05, 0) is 48.0 Å². The maximum atomic E-state index is 6.44. The van der Waals surface area contributed by atoms with Crippen molar-refractivity contribution < 1.29 is 0 Å². The SMILES string of the molecule is Clc1ccc(C=C(c2nc3ccccc3s2)c2nc3ccccc3s2)c(Cl)c1. The van der Waals surface area contributed by atoms with Gasteiger partial charge in [-0.15, -0.1) is 22.7 Å². The summed E-state index contributed by atoms with van der Waals surface area (Å²) < 4.78 is 2.29. The van der Waals surface area contributed by atoms with E-state index < -0.39 is 0 Å². The van der Waals surface area contributed by atoms with E-state index in [4.69, 9.17) is 33.2 Å². The highest BCUT2D eigenvalue weighted by Crippen LogP contribution is 2.37. The van der Waals surface area contributed by atoms with Gasteiger partial charge in [0.2, 0.25) is 0 Å². The molecule has 0 bridgehead atoms. The zero-order valence-electron chi connectivity index (χ0n) is 14.4. The number of aromatic nitrogens is 2. The molecule has 5 aromatic rings. The summed E-state index contributed by atoms with van der Waals surface area (Å²) in [5.74, 6) is 0. The van der Waals surface area contributed by atoms with E-state index >= 15 is 0 Å². The van der Waals surface area contributed by atoms with Crippen LogP contribution in [0.2, 0.25) is 10.0 Å². The maximum absolute atomic E-state index is 6.44. The number of hydrogen-bond donors (Lipinski definition) is 0. The van der Waals surface area contributed by atoms with Crippen LogP contribution in [0.15, 0.2) is 66.7 Å². The van der Waals surface area contributed by atoms with Crippen molar-refractivity contribution in [1.82, 2.24) is 9.97 Å². The van der Waals surface area contributed by atoms with Crippen LogP contribution in [-0.2, 0) is 0 Å². The summed E-state index contributed by atoms with van der Waals surface area (Å²) >= 11 is 15.8. The van der Waals surface area contributed by atoms with E-state index in [1.165, 1.54) is 0 Å². The van der Waals surface area contributed by atoms with Gasteiger partial charge < -0.3 is 0 Å². The highest BCUT2D eigenvalue weighted by molar-refractivity contribution is 7.22. The van der Waals surface area contributed by atoms with Crippen molar-refractivity contribution in [2.75, 3.05) is 0 Å². The predicted octanol–water partition coefficient (Wildman–Crippen LogP) is 7.80. The van der Waals surface area contributed by atoms with E-state index in [1.807, 2.05) is 54.6 Å². The molecule has 0 saturated carbocycles. The summed E-state index contributed by atoms with van der Waals surface area (Å²) in [6.07, 6.45) is 2.05. The predicted molar refractivity (Wildman–Crippen MR) is 123 cm³/mol. The third-order valence-corrected chi connectivity index (χ3v) is 7.01. The Balaban J connectivity index is 1.74. The van der Waals surface area contributed by atoms with E-state index in [9.17, 15) is 0 Å². The molecule has 2 aromatic heterocycles. The Labute approximate surface area is 179 Å². The first-order valence-corrected chi connectivity index (χ1v) is 10.9. The largest absolute Gasteiger partial charge is 0.236 e. The molecule has 28 heavy (non-hydrogen) atoms. The first-order chi connectivity index (χ1) is 13.7. The van der Waals surface area contributed by atoms with Crippen LogP contribution in [0.1, 0.15) is 15.6 Å². The minimum Gasteiger partial charge on any atom is -0.236 e. The van der Waals surface area contributed by atoms with Gasteiger partial charge in [0.1, 0.15) is 10.0 Å². The van der Waals surface area contributed by atoms with Crippen LogP contribution in [0.3, 0.4) is 0 Å². The number of nitrogens with zero attached hydrogens (tertiary/aromatic N) is 2. The summed E-state index contributed by atoms with van der Waals surface area (Å²) in [7, 11) is 0. The molecule has 0 N–H and O–H groups in total. The molecule has 0 radical (unpaired) electrons. The topological polar surface area (TPSA) is 25.8 Å². The quantitative estimate of drug-likeness (QED) is 0.287. The van der Waals surface area contributed by atoms with Gasteiger partial charge in [-0.3, -0.25) is 0 Å². The molecule has 2 nitrogen and oxygen atoms in total. The van der Waals surface area contributed by atoms with Gasteiger partial charge in [0.25, 0.3) is 0 Å². The molecule has 0 aliphatic rings. The Bertz CT molecular complexity index is 1210. The van der Waals surface area contributed by atoms with Crippen LogP contribution in [-0.4, -0.2) is 9.97 Å². The second kappa shape index (κ2) is 7.30. The maximum Gasteiger partial charge on any atom is 0.127 e. The molecule has 136 valence electrons. The molecule has 3 aromatic carbocycles. The molecule has 0 amide bonds. The average Bonchev–Trinajstić information content (AvgIpc) is 3.31. The number of para-hydroxylation sites is 2. The molecular formula is C22H12Cl2N2S2. The third kappa shape index (κ3) is 3.33. The fourth-order valence-corrected chi connectivity index (χ4v) is 5.46. The lowest BCUT2D eigenvalue weighted by molar-refractivity contribution is 1.39. The lowest BCUT2D eigenvalue weighted by Gasteiger charge is -2.03. The number of halogens is 2. The van der Waals surface area contributed by atoms with Gasteiger partial charge in [-0.25, -0.2) is 9.97 Å². The van der Waals surface area contributed by atoms with Crippen LogP contribution in [0.4, 0.5) is 0 Å². The molecule has 0 atom stereocenters. The van der Waals surface area contributed by atoms with Gasteiger partial charge in [0, 0.05) is 15.6 Å². The van der Waals surface area contributed by atoms with E-state index in [-0.39, 0.29) is 0 Å². The highest BCUT2D eigenvalue weighted by atomic mass is 35.5. The number of benzene rings is 3. The number of fused-ring (bicyclic) bond motifs is 2. The van der Waals surface area contributed by atoms with Crippen molar-refractivity contribution in [2.45, 2.75) is 0 Å². The van der Waals surface area contributed by atoms with Crippen molar-refractivity contribution in [3.05, 3.63) is 92.4 Å². The zero-order valence-corrected chi connectivity index (χ0v) is 17.5. The van der Waals surface area contributed by atoms with Crippen molar-refractivity contribution in [3.63, 3.8) is 0 Å². The minimum atomic E-state index is 0.604. The highest BCUT2D eigenvalue weighted by Gasteiger charge is 2.16. The molecule has 0 saturated heterocycles. The van der Waals surface area contributed by atoms with Crippen molar-refractivity contribution >= 4 is 78.0 Å². The molecule has 0 aliphatic heterocycles. The van der Waals surface area contributed by atoms with Gasteiger partial charge >= 0.3 is 0 Å². The first kappa shape index (κ1) is 17.8. The summed E-state index contributed by atoms with van der Waals surface area (Å²) in [6, 6.07) is 21.8. The van der Waals surface area contributed by atoms with Crippen LogP contribution in [0.25, 0.3) is 32.1 Å². The molecule has 0 spiro atoms. The Morgan fingerprint density at radius 3 is 1.86 bits per heavy atom. The molecule has 0 aliphatic carbocycles. The van der Waals surface area contributed by atoms with E-state index in [0.29, 0.717) is 10.0 Å². The Morgan fingerprint density at radius 1 is 0.750 bits per heavy atom. The number of rotatable bonds is 3. The Hall–Kier alpha value is -2.24. The van der Waals surface area contributed by atoms with Crippen molar-refractivity contribution in [3.8, 4) is 0 Å². The second-order valence-corrected chi connectivity index (χ2v) is 9.10. The average molecular weight is 439 g/mol. The van der Waals surface area contributed by atoms with Crippen molar-refractivity contribution in [2.24, 2.45) is 0 Å². The van der Waals surface area contributed by atoms with E-state index in [2.05, 4.69) is 12.1 Å². The summed E-state index contributed by atoms with van der Waals surface area (Å²) in [5.41, 5.74) is 3.82. The van der Waals surface area contributed by atoms with Crippen LogP contribution in [0, 0.1) is 0 Å². The summed E-state index contributed by atoms with van der Waals surface area (Å²) in [6.45, 7) is 0. The van der Waals surface area contributed by atoms with Gasteiger partial charge in [-0.1, -0.05) is 53.5 Å². The smallest absolute Gasteiger partial charge is 0.127 e. The van der Waals surface area contributed by atoms with Crippen molar-refractivity contribution in [1.29, 1.82) is 0 Å². The molecule has 0 fully saturated rings. The molecule has 0 unspecified atom stereocenters. The third-order valence-electron chi connectivity index (χ3n) is 4.31. The molecule has 5 rings (SSSR count). The Morgan fingerprint density at radius 2 is 1.32 bits per heavy atom. The number of hydrogen-bond acceptors (Lipinski definition) is 4. The molecule has 6 heteroatoms. The standard InChI is InChI=1S/C22H12Cl2N2S2/c23-14-10-9-13(16(24)12-14)11-15(21-25-17-5-1-3-7-19(17)27-21)22-26-18-6-2-4-8-20(18)28-22/h1-12H. The molecule has 2 heterocycles. The number of thiazole rings is 2. The Kier molecular flexibility index (Phi) is 4.65. The van der Waals surface area contributed by atoms with Crippen LogP contribution < -0.4 is 0 Å². The lowest BCUT2D eigenvalue weighted by Crippen LogP contribution is -1.87. The van der Waals surface area contributed by atoms with Gasteiger partial charge in [-0.2, -0.15) is 0 Å². The van der Waals surface area contributed by atoms with Gasteiger partial charge in [0.05, 0.1) is 20.4 Å². The fraction of sp³-hybridized carbons (Fsp3) is 0. The van der Waals surface area contributed by atoms with E-state index in [0.717, 1.165) is 41.6 Å². The first-order valence-electron chi connectivity index (χ1n) is 8.56. The normalized spacial score (nSPS) is 11.2. The summed E-state index contributed by atoms with van der Waals surface area (Å²) in [4.78, 5) is 9.70. The van der Waals surface area contributed by atoms with Crippen LogP contribution in [0.5, 0.6) is 0 Å². The fourth-order valence-electron chi connectivity index (χ4n) is 2.96.